The molecule has 0 radical (unpaired) electrons. The van der Waals surface area contributed by atoms with E-state index in [4.69, 9.17) is 4.74 Å². The summed E-state index contributed by atoms with van der Waals surface area (Å²) in [6.07, 6.45) is 9.68. The number of hydrogen-bond acceptors (Lipinski definition) is 2. The fraction of sp³-hybridized carbons (Fsp3) is 0.545. The minimum Gasteiger partial charge on any atom is -0.466 e. The van der Waals surface area contributed by atoms with Gasteiger partial charge in [0.15, 0.2) is 0 Å². The smallest absolute Gasteiger partial charge is 0.334 e. The van der Waals surface area contributed by atoms with E-state index in [1.54, 1.807) is 0 Å². The molecule has 0 aliphatic heterocycles. The summed E-state index contributed by atoms with van der Waals surface area (Å²) >= 11 is 0. The lowest BCUT2D eigenvalue weighted by molar-refractivity contribution is -0.136. The fourth-order valence-corrected chi connectivity index (χ4v) is 2.37. The first kappa shape index (κ1) is 8.54. The molecule has 0 amide bonds. The van der Waals surface area contributed by atoms with Gasteiger partial charge in [-0.1, -0.05) is 24.6 Å². The molecule has 0 bridgehead atoms. The lowest BCUT2D eigenvalue weighted by Crippen LogP contribution is -2.19. The maximum absolute atomic E-state index is 11.4. The molecule has 70 valence electrons. The van der Waals surface area contributed by atoms with E-state index in [-0.39, 0.29) is 5.97 Å². The van der Waals surface area contributed by atoms with Crippen molar-refractivity contribution in [3.8, 4) is 0 Å². The van der Waals surface area contributed by atoms with Crippen molar-refractivity contribution in [2.75, 3.05) is 7.11 Å². The topological polar surface area (TPSA) is 26.3 Å². The zero-order chi connectivity index (χ0) is 9.26. The van der Waals surface area contributed by atoms with Crippen LogP contribution in [0.3, 0.4) is 0 Å². The molecule has 13 heavy (non-hydrogen) atoms. The maximum atomic E-state index is 11.4. The Labute approximate surface area is 78.3 Å². The second-order valence-corrected chi connectivity index (χ2v) is 3.70. The Kier molecular flexibility index (Phi) is 2.21. The molecular formula is C11H14O2. The zero-order valence-corrected chi connectivity index (χ0v) is 7.82. The molecule has 0 saturated heterocycles. The first-order valence-electron chi connectivity index (χ1n) is 4.79. The predicted molar refractivity (Wildman–Crippen MR) is 50.1 cm³/mol. The molecule has 0 aromatic rings. The van der Waals surface area contributed by atoms with Gasteiger partial charge in [-0.3, -0.25) is 0 Å². The van der Waals surface area contributed by atoms with Gasteiger partial charge >= 0.3 is 5.97 Å². The number of carbonyl (C=O) groups is 1. The second-order valence-electron chi connectivity index (χ2n) is 3.70. The third kappa shape index (κ3) is 1.41. The summed E-state index contributed by atoms with van der Waals surface area (Å²) in [6, 6.07) is 0. The standard InChI is InChI=1S/C11H14O2/c1-13-11(12)10-7-3-5-8-4-2-6-9(8)10/h3,5,7-9H,2,4,6H2,1H3/t8-,9+/m0/s1. The SMILES string of the molecule is COC(=O)C1=CC=C[C@@H]2CCC[C@@H]12. The largest absolute Gasteiger partial charge is 0.466 e. The highest BCUT2D eigenvalue weighted by molar-refractivity contribution is 5.89. The van der Waals surface area contributed by atoms with Crippen molar-refractivity contribution in [2.24, 2.45) is 11.8 Å². The number of rotatable bonds is 1. The zero-order valence-electron chi connectivity index (χ0n) is 7.82. The van der Waals surface area contributed by atoms with E-state index in [9.17, 15) is 4.79 Å². The molecule has 1 fully saturated rings. The highest BCUT2D eigenvalue weighted by Crippen LogP contribution is 2.40. The van der Waals surface area contributed by atoms with Crippen molar-refractivity contribution in [3.63, 3.8) is 0 Å². The van der Waals surface area contributed by atoms with Crippen LogP contribution in [0.5, 0.6) is 0 Å². The lowest BCUT2D eigenvalue weighted by atomic mass is 9.85. The maximum Gasteiger partial charge on any atom is 0.334 e. The highest BCUT2D eigenvalue weighted by Gasteiger charge is 2.33. The summed E-state index contributed by atoms with van der Waals surface area (Å²) in [4.78, 5) is 11.4. The van der Waals surface area contributed by atoms with E-state index in [0.717, 1.165) is 12.0 Å². The Morgan fingerprint density at radius 1 is 1.54 bits per heavy atom. The summed E-state index contributed by atoms with van der Waals surface area (Å²) in [5.74, 6) is 0.859. The van der Waals surface area contributed by atoms with Crippen LogP contribution in [0.4, 0.5) is 0 Å². The quantitative estimate of drug-likeness (QED) is 0.574. The Hall–Kier alpha value is -1.05. The van der Waals surface area contributed by atoms with Gasteiger partial charge in [-0.2, -0.15) is 0 Å². The van der Waals surface area contributed by atoms with Crippen molar-refractivity contribution in [2.45, 2.75) is 19.3 Å². The van der Waals surface area contributed by atoms with Crippen molar-refractivity contribution >= 4 is 5.97 Å². The Balaban J connectivity index is 2.22. The van der Waals surface area contributed by atoms with Crippen LogP contribution in [-0.4, -0.2) is 13.1 Å². The van der Waals surface area contributed by atoms with E-state index in [1.807, 2.05) is 12.2 Å². The molecule has 1 saturated carbocycles. The van der Waals surface area contributed by atoms with E-state index >= 15 is 0 Å². The van der Waals surface area contributed by atoms with Gasteiger partial charge in [0.1, 0.15) is 0 Å². The van der Waals surface area contributed by atoms with E-state index in [2.05, 4.69) is 6.08 Å². The van der Waals surface area contributed by atoms with Crippen molar-refractivity contribution < 1.29 is 9.53 Å². The van der Waals surface area contributed by atoms with Crippen molar-refractivity contribution in [3.05, 3.63) is 23.8 Å². The summed E-state index contributed by atoms with van der Waals surface area (Å²) in [6.45, 7) is 0. The second kappa shape index (κ2) is 3.36. The van der Waals surface area contributed by atoms with Crippen LogP contribution in [0.25, 0.3) is 0 Å². The number of allylic oxidation sites excluding steroid dienone is 3. The number of fused-ring (bicyclic) bond motifs is 1. The monoisotopic (exact) mass is 178 g/mol. The molecule has 2 rings (SSSR count). The van der Waals surface area contributed by atoms with Crippen LogP contribution in [-0.2, 0) is 9.53 Å². The van der Waals surface area contributed by atoms with Crippen LogP contribution in [0.2, 0.25) is 0 Å². The molecule has 0 heterocycles. The van der Waals surface area contributed by atoms with Crippen LogP contribution in [0.15, 0.2) is 23.8 Å². The summed E-state index contributed by atoms with van der Waals surface area (Å²) in [5, 5.41) is 0. The molecule has 2 atom stereocenters. The van der Waals surface area contributed by atoms with Crippen LogP contribution < -0.4 is 0 Å². The average Bonchev–Trinajstić information content (AvgIpc) is 2.63. The van der Waals surface area contributed by atoms with Gasteiger partial charge in [-0.15, -0.1) is 0 Å². The third-order valence-electron chi connectivity index (χ3n) is 3.02. The lowest BCUT2D eigenvalue weighted by Gasteiger charge is -2.20. The number of carbonyl (C=O) groups excluding carboxylic acids is 1. The van der Waals surface area contributed by atoms with Crippen LogP contribution in [0.1, 0.15) is 19.3 Å². The first-order valence-corrected chi connectivity index (χ1v) is 4.79. The van der Waals surface area contributed by atoms with Gasteiger partial charge in [-0.05, 0) is 24.7 Å². The molecular weight excluding hydrogens is 164 g/mol. The van der Waals surface area contributed by atoms with E-state index in [0.29, 0.717) is 11.8 Å². The molecule has 2 aliphatic rings. The van der Waals surface area contributed by atoms with Crippen molar-refractivity contribution in [1.29, 1.82) is 0 Å². The molecule has 0 N–H and O–H groups in total. The number of methoxy groups -OCH3 is 1. The molecule has 0 unspecified atom stereocenters. The van der Waals surface area contributed by atoms with Crippen LogP contribution >= 0.6 is 0 Å². The van der Waals surface area contributed by atoms with Gasteiger partial charge < -0.3 is 4.74 Å². The van der Waals surface area contributed by atoms with Crippen molar-refractivity contribution in [1.82, 2.24) is 0 Å². The summed E-state index contributed by atoms with van der Waals surface area (Å²) < 4.78 is 4.76. The Morgan fingerprint density at radius 3 is 3.15 bits per heavy atom. The number of hydrogen-bond donors (Lipinski definition) is 0. The van der Waals surface area contributed by atoms with Gasteiger partial charge in [0.05, 0.1) is 7.11 Å². The minimum atomic E-state index is -0.152. The number of ether oxygens (including phenoxy) is 1. The average molecular weight is 178 g/mol. The Morgan fingerprint density at radius 2 is 2.38 bits per heavy atom. The molecule has 0 spiro atoms. The van der Waals surface area contributed by atoms with Crippen LogP contribution in [0, 0.1) is 11.8 Å². The molecule has 0 aromatic carbocycles. The predicted octanol–water partition coefficient (Wildman–Crippen LogP) is 2.07. The normalized spacial score (nSPS) is 31.0. The van der Waals surface area contributed by atoms with Gasteiger partial charge in [0.2, 0.25) is 0 Å². The number of esters is 1. The summed E-state index contributed by atoms with van der Waals surface area (Å²) in [7, 11) is 1.45. The molecule has 2 nitrogen and oxygen atoms in total. The summed E-state index contributed by atoms with van der Waals surface area (Å²) in [5.41, 5.74) is 0.868. The Bertz CT molecular complexity index is 276. The highest BCUT2D eigenvalue weighted by atomic mass is 16.5. The first-order chi connectivity index (χ1) is 6.33. The van der Waals surface area contributed by atoms with E-state index < -0.39 is 0 Å². The minimum absolute atomic E-state index is 0.152. The van der Waals surface area contributed by atoms with Gasteiger partial charge in [0, 0.05) is 5.57 Å². The molecule has 2 aliphatic carbocycles. The van der Waals surface area contributed by atoms with Gasteiger partial charge in [-0.25, -0.2) is 4.79 Å². The molecule has 2 heteroatoms. The third-order valence-corrected chi connectivity index (χ3v) is 3.02. The van der Waals surface area contributed by atoms with E-state index in [1.165, 1.54) is 20.0 Å². The molecule has 0 aromatic heterocycles. The fourth-order valence-electron chi connectivity index (χ4n) is 2.37. The van der Waals surface area contributed by atoms with Gasteiger partial charge in [0.25, 0.3) is 0 Å².